The third kappa shape index (κ3) is 2.93. The highest BCUT2D eigenvalue weighted by molar-refractivity contribution is 7.99. The Labute approximate surface area is 130 Å². The number of rotatable bonds is 5. The van der Waals surface area contributed by atoms with E-state index in [0.29, 0.717) is 23.4 Å². The third-order valence-electron chi connectivity index (χ3n) is 3.08. The average molecular weight is 317 g/mol. The molecule has 8 nitrogen and oxygen atoms in total. The largest absolute Gasteiger partial charge is 0.351 e. The summed E-state index contributed by atoms with van der Waals surface area (Å²) in [5.41, 5.74) is 2.14. The van der Waals surface area contributed by atoms with Gasteiger partial charge in [0.15, 0.2) is 0 Å². The van der Waals surface area contributed by atoms with E-state index < -0.39 is 0 Å². The molecule has 9 heteroatoms. The van der Waals surface area contributed by atoms with Crippen molar-refractivity contribution < 1.29 is 4.79 Å². The number of thioether (sulfide) groups is 1. The molecule has 0 atom stereocenters. The fourth-order valence-corrected chi connectivity index (χ4v) is 2.79. The lowest BCUT2D eigenvalue weighted by Crippen LogP contribution is -2.26. The molecule has 22 heavy (non-hydrogen) atoms. The first-order valence-electron chi connectivity index (χ1n) is 6.74. The smallest absolute Gasteiger partial charge is 0.253 e. The number of hydrogen-bond donors (Lipinski definition) is 2. The lowest BCUT2D eigenvalue weighted by molar-refractivity contribution is 0.0957. The van der Waals surface area contributed by atoms with Gasteiger partial charge in [-0.15, -0.1) is 5.10 Å². The fourth-order valence-electron chi connectivity index (χ4n) is 2.08. The van der Waals surface area contributed by atoms with Gasteiger partial charge < -0.3 is 10.3 Å². The zero-order valence-electron chi connectivity index (χ0n) is 12.2. The zero-order chi connectivity index (χ0) is 15.5. The highest BCUT2D eigenvalue weighted by Crippen LogP contribution is 2.16. The summed E-state index contributed by atoms with van der Waals surface area (Å²) in [6, 6.07) is 5.52. The topological polar surface area (TPSA) is 101 Å². The molecule has 2 aromatic heterocycles. The average Bonchev–Trinajstić information content (AvgIpc) is 3.07. The van der Waals surface area contributed by atoms with Gasteiger partial charge in [0, 0.05) is 19.3 Å². The van der Waals surface area contributed by atoms with Crippen LogP contribution in [-0.4, -0.2) is 48.4 Å². The van der Waals surface area contributed by atoms with Crippen molar-refractivity contribution in [3.05, 3.63) is 29.6 Å². The monoisotopic (exact) mass is 317 g/mol. The molecule has 1 aromatic carbocycles. The predicted octanol–water partition coefficient (Wildman–Crippen LogP) is 0.917. The maximum atomic E-state index is 12.3. The molecule has 0 saturated heterocycles. The van der Waals surface area contributed by atoms with Crippen molar-refractivity contribution in [2.45, 2.75) is 12.1 Å². The van der Waals surface area contributed by atoms with Crippen molar-refractivity contribution in [1.82, 2.24) is 35.5 Å². The highest BCUT2D eigenvalue weighted by Gasteiger charge is 2.12. The first-order valence-corrected chi connectivity index (χ1v) is 7.72. The number of imidazole rings is 1. The van der Waals surface area contributed by atoms with Crippen molar-refractivity contribution in [1.29, 1.82) is 0 Å². The van der Waals surface area contributed by atoms with Crippen LogP contribution < -0.4 is 5.32 Å². The number of fused-ring (bicyclic) bond motifs is 1. The molecule has 2 heterocycles. The first kappa shape index (κ1) is 14.5. The Morgan fingerprint density at radius 2 is 2.32 bits per heavy atom. The van der Waals surface area contributed by atoms with E-state index in [2.05, 4.69) is 30.8 Å². The van der Waals surface area contributed by atoms with Crippen LogP contribution in [0, 0.1) is 6.92 Å². The quantitative estimate of drug-likeness (QED) is 0.536. The van der Waals surface area contributed by atoms with Crippen LogP contribution >= 0.6 is 11.8 Å². The van der Waals surface area contributed by atoms with E-state index in [1.54, 1.807) is 17.8 Å². The molecular formula is C13H15N7OS. The van der Waals surface area contributed by atoms with E-state index in [4.69, 9.17) is 0 Å². The van der Waals surface area contributed by atoms with Crippen molar-refractivity contribution in [3.63, 3.8) is 0 Å². The van der Waals surface area contributed by atoms with Crippen LogP contribution in [0.2, 0.25) is 0 Å². The minimum atomic E-state index is -0.131. The molecule has 0 fully saturated rings. The second-order valence-electron chi connectivity index (χ2n) is 4.71. The SMILES string of the molecule is Cc1nc2c(C(=O)NCCSc3nnnn3C)cccc2[nH]1. The molecule has 0 aliphatic heterocycles. The molecule has 0 saturated carbocycles. The van der Waals surface area contributed by atoms with E-state index in [1.165, 1.54) is 11.8 Å². The first-order chi connectivity index (χ1) is 10.6. The van der Waals surface area contributed by atoms with Gasteiger partial charge in [-0.05, 0) is 29.5 Å². The number of benzene rings is 1. The number of nitrogens with zero attached hydrogens (tertiary/aromatic N) is 5. The summed E-state index contributed by atoms with van der Waals surface area (Å²) in [6.07, 6.45) is 0. The number of hydrogen-bond acceptors (Lipinski definition) is 6. The van der Waals surface area contributed by atoms with E-state index >= 15 is 0 Å². The van der Waals surface area contributed by atoms with Crippen molar-refractivity contribution >= 4 is 28.7 Å². The van der Waals surface area contributed by atoms with Crippen LogP contribution in [0.1, 0.15) is 16.2 Å². The number of aromatic amines is 1. The molecule has 0 bridgehead atoms. The van der Waals surface area contributed by atoms with E-state index in [0.717, 1.165) is 16.5 Å². The summed E-state index contributed by atoms with van der Waals surface area (Å²) in [5.74, 6) is 1.35. The van der Waals surface area contributed by atoms with Gasteiger partial charge in [0.2, 0.25) is 5.16 Å². The summed E-state index contributed by atoms with van der Waals surface area (Å²) in [4.78, 5) is 19.8. The molecule has 0 unspecified atom stereocenters. The van der Waals surface area contributed by atoms with Crippen LogP contribution in [0.25, 0.3) is 11.0 Å². The molecule has 2 N–H and O–H groups in total. The second-order valence-corrected chi connectivity index (χ2v) is 5.78. The Kier molecular flexibility index (Phi) is 4.05. The molecule has 3 aromatic rings. The lowest BCUT2D eigenvalue weighted by atomic mass is 10.1. The van der Waals surface area contributed by atoms with Gasteiger partial charge in [0.25, 0.3) is 5.91 Å². The molecule has 114 valence electrons. The standard InChI is InChI=1S/C13H15N7OS/c1-8-15-10-5-3-4-9(11(10)16-8)12(21)14-6-7-22-13-17-18-19-20(13)2/h3-5H,6-7H2,1-2H3,(H,14,21)(H,15,16). The molecule has 3 rings (SSSR count). The summed E-state index contributed by atoms with van der Waals surface area (Å²) in [6.45, 7) is 2.39. The number of H-pyrrole nitrogens is 1. The van der Waals surface area contributed by atoms with E-state index in [1.807, 2.05) is 19.1 Å². The van der Waals surface area contributed by atoms with Crippen molar-refractivity contribution in [2.75, 3.05) is 12.3 Å². The maximum Gasteiger partial charge on any atom is 0.253 e. The number of carbonyl (C=O) groups excluding carboxylic acids is 1. The molecule has 0 spiro atoms. The summed E-state index contributed by atoms with van der Waals surface area (Å²) in [7, 11) is 1.78. The Morgan fingerprint density at radius 1 is 1.45 bits per heavy atom. The van der Waals surface area contributed by atoms with Gasteiger partial charge in [0.05, 0.1) is 11.1 Å². The molecular weight excluding hydrogens is 302 g/mol. The van der Waals surface area contributed by atoms with Crippen molar-refractivity contribution in [2.24, 2.45) is 7.05 Å². The van der Waals surface area contributed by atoms with Crippen LogP contribution in [0.3, 0.4) is 0 Å². The summed E-state index contributed by atoms with van der Waals surface area (Å²) >= 11 is 1.49. The van der Waals surface area contributed by atoms with E-state index in [-0.39, 0.29) is 5.91 Å². The number of para-hydroxylation sites is 1. The predicted molar refractivity (Wildman–Crippen MR) is 82.7 cm³/mol. The minimum absolute atomic E-state index is 0.131. The van der Waals surface area contributed by atoms with Gasteiger partial charge in [-0.25, -0.2) is 9.67 Å². The lowest BCUT2D eigenvalue weighted by Gasteiger charge is -2.05. The van der Waals surface area contributed by atoms with Crippen LogP contribution in [-0.2, 0) is 7.05 Å². The van der Waals surface area contributed by atoms with Crippen LogP contribution in [0.5, 0.6) is 0 Å². The minimum Gasteiger partial charge on any atom is -0.351 e. The maximum absolute atomic E-state index is 12.3. The van der Waals surface area contributed by atoms with Gasteiger partial charge in [-0.3, -0.25) is 4.79 Å². The molecule has 0 aliphatic carbocycles. The normalized spacial score (nSPS) is 11.0. The van der Waals surface area contributed by atoms with Gasteiger partial charge in [-0.2, -0.15) is 0 Å². The fraction of sp³-hybridized carbons (Fsp3) is 0.308. The van der Waals surface area contributed by atoms with E-state index in [9.17, 15) is 4.79 Å². The number of aryl methyl sites for hydroxylation is 2. The number of amides is 1. The number of tetrazole rings is 1. The van der Waals surface area contributed by atoms with Gasteiger partial charge >= 0.3 is 0 Å². The number of carbonyl (C=O) groups is 1. The Hall–Kier alpha value is -2.42. The molecule has 1 amide bonds. The molecule has 0 aliphatic rings. The van der Waals surface area contributed by atoms with Crippen LogP contribution in [0.15, 0.2) is 23.4 Å². The third-order valence-corrected chi connectivity index (χ3v) is 4.09. The molecule has 0 radical (unpaired) electrons. The van der Waals surface area contributed by atoms with Gasteiger partial charge in [-0.1, -0.05) is 17.8 Å². The number of aromatic nitrogens is 6. The Balaban J connectivity index is 1.60. The zero-order valence-corrected chi connectivity index (χ0v) is 13.0. The number of nitrogens with one attached hydrogen (secondary N) is 2. The van der Waals surface area contributed by atoms with Gasteiger partial charge in [0.1, 0.15) is 11.3 Å². The van der Waals surface area contributed by atoms with Crippen LogP contribution in [0.4, 0.5) is 0 Å². The Morgan fingerprint density at radius 3 is 3.09 bits per heavy atom. The summed E-state index contributed by atoms with van der Waals surface area (Å²) in [5, 5.41) is 14.8. The highest BCUT2D eigenvalue weighted by atomic mass is 32.2. The summed E-state index contributed by atoms with van der Waals surface area (Å²) < 4.78 is 1.60. The second kappa shape index (κ2) is 6.14. The van der Waals surface area contributed by atoms with Crippen molar-refractivity contribution in [3.8, 4) is 0 Å². The Bertz CT molecular complexity index is 810.